The van der Waals surface area contributed by atoms with Gasteiger partial charge in [-0.2, -0.15) is 5.26 Å². The molecule has 1 aromatic carbocycles. The van der Waals surface area contributed by atoms with E-state index in [1.54, 1.807) is 17.0 Å². The van der Waals surface area contributed by atoms with Crippen molar-refractivity contribution in [2.24, 2.45) is 0 Å². The van der Waals surface area contributed by atoms with Crippen LogP contribution in [-0.4, -0.2) is 31.8 Å². The second-order valence-electron chi connectivity index (χ2n) is 4.67. The molecule has 1 heterocycles. The fraction of sp³-hybridized carbons (Fsp3) is 0.357. The molecule has 0 aromatic heterocycles. The zero-order chi connectivity index (χ0) is 14.0. The van der Waals surface area contributed by atoms with Gasteiger partial charge in [-0.25, -0.2) is 0 Å². The summed E-state index contributed by atoms with van der Waals surface area (Å²) in [6.45, 7) is 2.16. The van der Waals surface area contributed by atoms with E-state index < -0.39 is 0 Å². The van der Waals surface area contributed by atoms with Crippen LogP contribution in [0, 0.1) is 11.3 Å². The molecule has 0 saturated carbocycles. The topological polar surface area (TPSA) is 64.4 Å². The second kappa shape index (κ2) is 5.11. The standard InChI is InChI=1S/C14H15N3O2/c1-10(18)5-6-17-13-7-11(8-15)3-4-12(13)16(2)9-14(17)19/h3-4,7H,5-6,9H2,1-2H3. The maximum Gasteiger partial charge on any atom is 0.246 e. The summed E-state index contributed by atoms with van der Waals surface area (Å²) in [6, 6.07) is 7.33. The van der Waals surface area contributed by atoms with Gasteiger partial charge in [0.1, 0.15) is 5.78 Å². The van der Waals surface area contributed by atoms with Crippen LogP contribution in [0.15, 0.2) is 18.2 Å². The van der Waals surface area contributed by atoms with Crippen molar-refractivity contribution in [1.29, 1.82) is 5.26 Å². The minimum atomic E-state index is -0.0497. The van der Waals surface area contributed by atoms with E-state index in [4.69, 9.17) is 5.26 Å². The summed E-state index contributed by atoms with van der Waals surface area (Å²) in [5.41, 5.74) is 2.12. The van der Waals surface area contributed by atoms with Gasteiger partial charge in [0.05, 0.1) is 29.6 Å². The third kappa shape index (κ3) is 2.58. The second-order valence-corrected chi connectivity index (χ2v) is 4.67. The Hall–Kier alpha value is -2.35. The number of rotatable bonds is 3. The Morgan fingerprint density at radius 3 is 2.79 bits per heavy atom. The number of hydrogen-bond acceptors (Lipinski definition) is 4. The van der Waals surface area contributed by atoms with Crippen LogP contribution in [-0.2, 0) is 9.59 Å². The highest BCUT2D eigenvalue weighted by Crippen LogP contribution is 2.33. The molecule has 0 spiro atoms. The first kappa shape index (κ1) is 13.1. The summed E-state index contributed by atoms with van der Waals surface area (Å²) >= 11 is 0. The average molecular weight is 257 g/mol. The molecular weight excluding hydrogens is 242 g/mol. The van der Waals surface area contributed by atoms with Crippen molar-refractivity contribution in [3.05, 3.63) is 23.8 Å². The van der Waals surface area contributed by atoms with Crippen molar-refractivity contribution in [1.82, 2.24) is 0 Å². The van der Waals surface area contributed by atoms with E-state index in [1.807, 2.05) is 18.0 Å². The van der Waals surface area contributed by atoms with Crippen LogP contribution >= 0.6 is 0 Å². The maximum atomic E-state index is 12.1. The van der Waals surface area contributed by atoms with Crippen LogP contribution < -0.4 is 9.80 Å². The normalized spacial score (nSPS) is 14.1. The van der Waals surface area contributed by atoms with E-state index in [2.05, 4.69) is 6.07 Å². The Morgan fingerprint density at radius 2 is 2.16 bits per heavy atom. The summed E-state index contributed by atoms with van der Waals surface area (Å²) < 4.78 is 0. The Labute approximate surface area is 112 Å². The number of benzene rings is 1. The summed E-state index contributed by atoms with van der Waals surface area (Å²) in [5.74, 6) is -0.00365. The summed E-state index contributed by atoms with van der Waals surface area (Å²) in [6.07, 6.45) is 0.325. The van der Waals surface area contributed by atoms with Crippen molar-refractivity contribution in [3.8, 4) is 6.07 Å². The number of likely N-dealkylation sites (N-methyl/N-ethyl adjacent to an activating group) is 1. The van der Waals surface area contributed by atoms with Gasteiger partial charge in [-0.1, -0.05) is 0 Å². The minimum absolute atomic E-state index is 0.0460. The number of nitriles is 1. The molecule has 1 aliphatic rings. The van der Waals surface area contributed by atoms with Crippen LogP contribution in [0.1, 0.15) is 18.9 Å². The van der Waals surface area contributed by atoms with Crippen molar-refractivity contribution in [2.75, 3.05) is 29.9 Å². The van der Waals surface area contributed by atoms with Crippen LogP contribution in [0.2, 0.25) is 0 Å². The lowest BCUT2D eigenvalue weighted by Crippen LogP contribution is -2.45. The van der Waals surface area contributed by atoms with Gasteiger partial charge in [0, 0.05) is 20.0 Å². The summed E-state index contributed by atoms with van der Waals surface area (Å²) in [5, 5.41) is 8.95. The number of hydrogen-bond donors (Lipinski definition) is 0. The van der Waals surface area contributed by atoms with Crippen LogP contribution in [0.25, 0.3) is 0 Å². The van der Waals surface area contributed by atoms with E-state index >= 15 is 0 Å². The fourth-order valence-electron chi connectivity index (χ4n) is 2.15. The molecule has 0 saturated heterocycles. The van der Waals surface area contributed by atoms with Gasteiger partial charge in [0.2, 0.25) is 5.91 Å². The third-order valence-electron chi connectivity index (χ3n) is 3.17. The number of ketones is 1. The maximum absolute atomic E-state index is 12.1. The average Bonchev–Trinajstić information content (AvgIpc) is 2.37. The first-order valence-electron chi connectivity index (χ1n) is 6.08. The smallest absolute Gasteiger partial charge is 0.246 e. The first-order chi connectivity index (χ1) is 9.02. The number of anilines is 2. The van der Waals surface area contributed by atoms with E-state index in [-0.39, 0.29) is 18.2 Å². The molecule has 1 aliphatic heterocycles. The van der Waals surface area contributed by atoms with E-state index in [0.717, 1.165) is 5.69 Å². The number of nitrogens with zero attached hydrogens (tertiary/aromatic N) is 3. The Kier molecular flexibility index (Phi) is 3.52. The lowest BCUT2D eigenvalue weighted by molar-refractivity contribution is -0.118. The molecule has 19 heavy (non-hydrogen) atoms. The molecule has 0 aliphatic carbocycles. The first-order valence-corrected chi connectivity index (χ1v) is 6.08. The summed E-state index contributed by atoms with van der Waals surface area (Å²) in [7, 11) is 1.84. The number of Topliss-reactive ketones (excluding diaryl/α,β-unsaturated/α-hetero) is 1. The largest absolute Gasteiger partial charge is 0.364 e. The quantitative estimate of drug-likeness (QED) is 0.819. The molecule has 0 bridgehead atoms. The number of amides is 1. The van der Waals surface area contributed by atoms with Crippen molar-refractivity contribution >= 4 is 23.1 Å². The van der Waals surface area contributed by atoms with Gasteiger partial charge in [0.15, 0.2) is 0 Å². The molecule has 1 amide bonds. The fourth-order valence-corrected chi connectivity index (χ4v) is 2.15. The zero-order valence-corrected chi connectivity index (χ0v) is 11.0. The molecule has 0 N–H and O–H groups in total. The molecule has 5 nitrogen and oxygen atoms in total. The SMILES string of the molecule is CC(=O)CCN1C(=O)CN(C)c2ccc(C#N)cc21. The van der Waals surface area contributed by atoms with Crippen LogP contribution in [0.4, 0.5) is 11.4 Å². The van der Waals surface area contributed by atoms with E-state index in [9.17, 15) is 9.59 Å². The zero-order valence-electron chi connectivity index (χ0n) is 11.0. The van der Waals surface area contributed by atoms with E-state index in [0.29, 0.717) is 24.2 Å². The van der Waals surface area contributed by atoms with Crippen LogP contribution in [0.5, 0.6) is 0 Å². The molecule has 98 valence electrons. The molecule has 5 heteroatoms. The van der Waals surface area contributed by atoms with Crippen molar-refractivity contribution < 1.29 is 9.59 Å². The van der Waals surface area contributed by atoms with Crippen molar-refractivity contribution in [3.63, 3.8) is 0 Å². The molecule has 2 rings (SSSR count). The number of carbonyl (C=O) groups is 2. The third-order valence-corrected chi connectivity index (χ3v) is 3.17. The van der Waals surface area contributed by atoms with Crippen LogP contribution in [0.3, 0.4) is 0 Å². The van der Waals surface area contributed by atoms with E-state index in [1.165, 1.54) is 6.92 Å². The molecule has 1 aromatic rings. The summed E-state index contributed by atoms with van der Waals surface area (Å²) in [4.78, 5) is 26.6. The number of carbonyl (C=O) groups excluding carboxylic acids is 2. The van der Waals surface area contributed by atoms with Gasteiger partial charge >= 0.3 is 0 Å². The molecule has 0 radical (unpaired) electrons. The molecule has 0 unspecified atom stereocenters. The Morgan fingerprint density at radius 1 is 1.42 bits per heavy atom. The lowest BCUT2D eigenvalue weighted by atomic mass is 10.1. The highest BCUT2D eigenvalue weighted by Gasteiger charge is 2.27. The van der Waals surface area contributed by atoms with Gasteiger partial charge in [-0.3, -0.25) is 9.59 Å². The van der Waals surface area contributed by atoms with Gasteiger partial charge in [-0.15, -0.1) is 0 Å². The Balaban J connectivity index is 2.40. The lowest BCUT2D eigenvalue weighted by Gasteiger charge is -2.35. The Bertz CT molecular complexity index is 575. The number of fused-ring (bicyclic) bond motifs is 1. The highest BCUT2D eigenvalue weighted by atomic mass is 16.2. The minimum Gasteiger partial charge on any atom is -0.364 e. The van der Waals surface area contributed by atoms with Gasteiger partial charge in [-0.05, 0) is 25.1 Å². The van der Waals surface area contributed by atoms with Crippen molar-refractivity contribution in [2.45, 2.75) is 13.3 Å². The predicted molar refractivity (Wildman–Crippen MR) is 72.1 cm³/mol. The predicted octanol–water partition coefficient (Wildman–Crippen LogP) is 1.32. The molecular formula is C14H15N3O2. The highest BCUT2D eigenvalue weighted by molar-refractivity contribution is 6.03. The molecule has 0 fully saturated rings. The monoisotopic (exact) mass is 257 g/mol. The van der Waals surface area contributed by atoms with Gasteiger partial charge < -0.3 is 9.80 Å². The van der Waals surface area contributed by atoms with Gasteiger partial charge in [0.25, 0.3) is 0 Å². The molecule has 0 atom stereocenters.